The Bertz CT molecular complexity index is 341. The van der Waals surface area contributed by atoms with Crippen LogP contribution in [0.15, 0.2) is 24.3 Å². The van der Waals surface area contributed by atoms with Gasteiger partial charge in [-0.2, -0.15) is 0 Å². The van der Waals surface area contributed by atoms with Crippen molar-refractivity contribution < 1.29 is 4.39 Å². The van der Waals surface area contributed by atoms with Crippen molar-refractivity contribution in [2.75, 3.05) is 6.54 Å². The summed E-state index contributed by atoms with van der Waals surface area (Å²) in [6, 6.07) is 6.91. The highest BCUT2D eigenvalue weighted by Gasteiger charge is 2.10. The minimum absolute atomic E-state index is 0.137. The Labute approximate surface area is 104 Å². The zero-order chi connectivity index (χ0) is 12.9. The third-order valence-corrected chi connectivity index (χ3v) is 2.77. The molecule has 0 fully saturated rings. The molecule has 0 bridgehead atoms. The van der Waals surface area contributed by atoms with Crippen molar-refractivity contribution in [1.82, 2.24) is 5.32 Å². The van der Waals surface area contributed by atoms with E-state index in [1.54, 1.807) is 12.1 Å². The molecule has 0 spiro atoms. The summed E-state index contributed by atoms with van der Waals surface area (Å²) < 4.78 is 13.0. The fourth-order valence-corrected chi connectivity index (χ4v) is 1.86. The number of hydrogen-bond donors (Lipinski definition) is 1. The van der Waals surface area contributed by atoms with Crippen molar-refractivity contribution in [3.8, 4) is 0 Å². The molecule has 1 N–H and O–H groups in total. The Balaban J connectivity index is 2.32. The van der Waals surface area contributed by atoms with E-state index in [4.69, 9.17) is 0 Å². The maximum Gasteiger partial charge on any atom is 0.123 e. The molecule has 17 heavy (non-hydrogen) atoms. The van der Waals surface area contributed by atoms with Crippen molar-refractivity contribution >= 4 is 0 Å². The number of hydrogen-bond acceptors (Lipinski definition) is 1. The van der Waals surface area contributed by atoms with Gasteiger partial charge in [0.15, 0.2) is 0 Å². The molecule has 0 saturated carbocycles. The SMILES string of the molecule is CC(CCNC(C)(C)C)Cc1cccc(F)c1. The molecule has 96 valence electrons. The first-order chi connectivity index (χ1) is 7.87. The van der Waals surface area contributed by atoms with E-state index in [1.165, 1.54) is 6.07 Å². The van der Waals surface area contributed by atoms with Crippen LogP contribution in [0, 0.1) is 11.7 Å². The third kappa shape index (κ3) is 6.42. The van der Waals surface area contributed by atoms with E-state index in [0.29, 0.717) is 5.92 Å². The lowest BCUT2D eigenvalue weighted by Gasteiger charge is -2.22. The Kier molecular flexibility index (Phi) is 5.13. The van der Waals surface area contributed by atoms with E-state index in [9.17, 15) is 4.39 Å². The summed E-state index contributed by atoms with van der Waals surface area (Å²) in [7, 11) is 0. The van der Waals surface area contributed by atoms with E-state index in [-0.39, 0.29) is 11.4 Å². The summed E-state index contributed by atoms with van der Waals surface area (Å²) in [4.78, 5) is 0. The Hall–Kier alpha value is -0.890. The molecule has 1 unspecified atom stereocenters. The number of rotatable bonds is 5. The van der Waals surface area contributed by atoms with Gasteiger partial charge in [0.1, 0.15) is 5.82 Å². The molecule has 0 aliphatic heterocycles. The summed E-state index contributed by atoms with van der Waals surface area (Å²) in [5.74, 6) is 0.439. The molecule has 1 atom stereocenters. The van der Waals surface area contributed by atoms with Gasteiger partial charge in [-0.3, -0.25) is 0 Å². The van der Waals surface area contributed by atoms with Crippen LogP contribution in [0.3, 0.4) is 0 Å². The van der Waals surface area contributed by atoms with Gasteiger partial charge in [-0.15, -0.1) is 0 Å². The van der Waals surface area contributed by atoms with Crippen molar-refractivity contribution in [2.24, 2.45) is 5.92 Å². The van der Waals surface area contributed by atoms with Crippen molar-refractivity contribution in [2.45, 2.75) is 46.1 Å². The van der Waals surface area contributed by atoms with Crippen LogP contribution in [-0.2, 0) is 6.42 Å². The lowest BCUT2D eigenvalue weighted by Crippen LogP contribution is -2.37. The molecular weight excluding hydrogens is 213 g/mol. The summed E-state index contributed by atoms with van der Waals surface area (Å²) in [6.45, 7) is 9.74. The second kappa shape index (κ2) is 6.15. The smallest absolute Gasteiger partial charge is 0.123 e. The van der Waals surface area contributed by atoms with E-state index in [0.717, 1.165) is 24.9 Å². The second-order valence-corrected chi connectivity index (χ2v) is 5.90. The Morgan fingerprint density at radius 2 is 2.00 bits per heavy atom. The van der Waals surface area contributed by atoms with Crippen LogP contribution in [0.4, 0.5) is 4.39 Å². The summed E-state index contributed by atoms with van der Waals surface area (Å²) >= 11 is 0. The van der Waals surface area contributed by atoms with Gasteiger partial charge in [-0.1, -0.05) is 19.1 Å². The Morgan fingerprint density at radius 1 is 1.29 bits per heavy atom. The summed E-state index contributed by atoms with van der Waals surface area (Å²) in [5, 5.41) is 3.48. The topological polar surface area (TPSA) is 12.0 Å². The van der Waals surface area contributed by atoms with E-state index >= 15 is 0 Å². The van der Waals surface area contributed by atoms with Crippen LogP contribution in [0.1, 0.15) is 39.7 Å². The van der Waals surface area contributed by atoms with E-state index in [2.05, 4.69) is 33.0 Å². The molecular formula is C15H24FN. The van der Waals surface area contributed by atoms with Gasteiger partial charge in [0.05, 0.1) is 0 Å². The van der Waals surface area contributed by atoms with Crippen LogP contribution >= 0.6 is 0 Å². The normalized spacial score (nSPS) is 13.7. The monoisotopic (exact) mass is 237 g/mol. The van der Waals surface area contributed by atoms with Gasteiger partial charge in [0.25, 0.3) is 0 Å². The minimum Gasteiger partial charge on any atom is -0.312 e. The van der Waals surface area contributed by atoms with Gasteiger partial charge in [-0.05, 0) is 63.8 Å². The molecule has 0 saturated heterocycles. The average Bonchev–Trinajstić information content (AvgIpc) is 2.15. The zero-order valence-electron chi connectivity index (χ0n) is 11.4. The van der Waals surface area contributed by atoms with Crippen LogP contribution in [0.5, 0.6) is 0 Å². The van der Waals surface area contributed by atoms with Gasteiger partial charge in [0.2, 0.25) is 0 Å². The molecule has 1 rings (SSSR count). The standard InChI is InChI=1S/C15H24FN/c1-12(8-9-17-15(2,3)4)10-13-6-5-7-14(16)11-13/h5-7,11-12,17H,8-10H2,1-4H3. The largest absolute Gasteiger partial charge is 0.312 e. The van der Waals surface area contributed by atoms with Gasteiger partial charge in [0, 0.05) is 5.54 Å². The van der Waals surface area contributed by atoms with Crippen LogP contribution in [0.2, 0.25) is 0 Å². The van der Waals surface area contributed by atoms with Gasteiger partial charge >= 0.3 is 0 Å². The van der Waals surface area contributed by atoms with Gasteiger partial charge in [-0.25, -0.2) is 4.39 Å². The molecule has 0 amide bonds. The predicted octanol–water partition coefficient (Wildman–Crippen LogP) is 3.78. The highest BCUT2D eigenvalue weighted by atomic mass is 19.1. The molecule has 0 heterocycles. The predicted molar refractivity (Wildman–Crippen MR) is 71.6 cm³/mol. The molecule has 1 aromatic carbocycles. The summed E-state index contributed by atoms with van der Waals surface area (Å²) in [5.41, 5.74) is 1.27. The maximum absolute atomic E-state index is 13.0. The first-order valence-corrected chi connectivity index (χ1v) is 6.36. The van der Waals surface area contributed by atoms with E-state index < -0.39 is 0 Å². The van der Waals surface area contributed by atoms with Gasteiger partial charge < -0.3 is 5.32 Å². The summed E-state index contributed by atoms with van der Waals surface area (Å²) in [6.07, 6.45) is 2.07. The van der Waals surface area contributed by atoms with Crippen LogP contribution in [-0.4, -0.2) is 12.1 Å². The quantitative estimate of drug-likeness (QED) is 0.821. The molecule has 1 nitrogen and oxygen atoms in total. The fraction of sp³-hybridized carbons (Fsp3) is 0.600. The first-order valence-electron chi connectivity index (χ1n) is 6.36. The maximum atomic E-state index is 13.0. The van der Waals surface area contributed by atoms with Crippen LogP contribution < -0.4 is 5.32 Å². The first kappa shape index (κ1) is 14.2. The molecule has 0 aliphatic carbocycles. The number of halogens is 1. The van der Waals surface area contributed by atoms with Crippen molar-refractivity contribution in [1.29, 1.82) is 0 Å². The highest BCUT2D eigenvalue weighted by molar-refractivity contribution is 5.16. The highest BCUT2D eigenvalue weighted by Crippen LogP contribution is 2.13. The number of nitrogens with one attached hydrogen (secondary N) is 1. The molecule has 0 aromatic heterocycles. The van der Waals surface area contributed by atoms with Crippen LogP contribution in [0.25, 0.3) is 0 Å². The lowest BCUT2D eigenvalue weighted by molar-refractivity contribution is 0.394. The number of benzene rings is 1. The second-order valence-electron chi connectivity index (χ2n) is 5.90. The molecule has 0 aliphatic rings. The molecule has 0 radical (unpaired) electrons. The minimum atomic E-state index is -0.137. The lowest BCUT2D eigenvalue weighted by atomic mass is 9.97. The third-order valence-electron chi connectivity index (χ3n) is 2.77. The van der Waals surface area contributed by atoms with Crippen molar-refractivity contribution in [3.05, 3.63) is 35.6 Å². The Morgan fingerprint density at radius 3 is 2.59 bits per heavy atom. The molecule has 1 aromatic rings. The zero-order valence-corrected chi connectivity index (χ0v) is 11.4. The van der Waals surface area contributed by atoms with E-state index in [1.807, 2.05) is 6.07 Å². The molecule has 2 heteroatoms. The fourth-order valence-electron chi connectivity index (χ4n) is 1.86. The average molecular weight is 237 g/mol. The van der Waals surface area contributed by atoms with Crippen molar-refractivity contribution in [3.63, 3.8) is 0 Å².